The molecule has 0 saturated heterocycles. The van der Waals surface area contributed by atoms with Gasteiger partial charge in [-0.05, 0) is 60.9 Å². The molecule has 0 radical (unpaired) electrons. The summed E-state index contributed by atoms with van der Waals surface area (Å²) in [5, 5.41) is 3.46. The lowest BCUT2D eigenvalue weighted by molar-refractivity contribution is -0.140. The fraction of sp³-hybridized carbons (Fsp3) is 0.297. The van der Waals surface area contributed by atoms with Crippen LogP contribution in [0.4, 0.5) is 5.69 Å². The van der Waals surface area contributed by atoms with E-state index in [1.165, 1.54) is 37.3 Å². The Hall–Kier alpha value is -4.54. The Morgan fingerprint density at radius 1 is 0.854 bits per heavy atom. The number of hydrogen-bond donors (Lipinski definition) is 1. The van der Waals surface area contributed by atoms with Crippen LogP contribution in [0.25, 0.3) is 0 Å². The van der Waals surface area contributed by atoms with Crippen LogP contribution in [0.5, 0.6) is 11.5 Å². The molecule has 9 nitrogen and oxygen atoms in total. The molecule has 0 aliphatic heterocycles. The second-order valence-electron chi connectivity index (χ2n) is 11.4. The van der Waals surface area contributed by atoms with E-state index in [1.807, 2.05) is 50.2 Å². The Labute approximate surface area is 288 Å². The van der Waals surface area contributed by atoms with Crippen LogP contribution in [0.1, 0.15) is 36.5 Å². The predicted molar refractivity (Wildman–Crippen MR) is 189 cm³/mol. The number of anilines is 1. The van der Waals surface area contributed by atoms with E-state index in [0.717, 1.165) is 28.3 Å². The van der Waals surface area contributed by atoms with Crippen molar-refractivity contribution in [3.8, 4) is 11.5 Å². The normalized spacial score (nSPS) is 11.8. The van der Waals surface area contributed by atoms with Crippen molar-refractivity contribution in [2.75, 3.05) is 31.6 Å². The zero-order valence-corrected chi connectivity index (χ0v) is 29.3. The van der Waals surface area contributed by atoms with Gasteiger partial charge >= 0.3 is 0 Å². The standard InChI is InChI=1S/C37H42ClN3O6S/c1-5-6-21-39-37(43)33(23-28-11-8-7-9-12-28)40(25-29-13-10-14-30(38)22-29)36(42)26-41(31-17-20-34(46-3)35(24-31)47-4)48(44,45)32-18-15-27(2)16-19-32/h7-20,22,24,33H,5-6,21,23,25-26H2,1-4H3,(H,39,43). The summed E-state index contributed by atoms with van der Waals surface area (Å²) in [5.41, 5.74) is 2.61. The fourth-order valence-corrected chi connectivity index (χ4v) is 6.86. The number of ether oxygens (including phenoxy) is 2. The number of nitrogens with one attached hydrogen (secondary N) is 1. The molecule has 0 aromatic heterocycles. The third-order valence-electron chi connectivity index (χ3n) is 7.89. The number of sulfonamides is 1. The molecule has 4 aromatic rings. The van der Waals surface area contributed by atoms with Gasteiger partial charge in [0.25, 0.3) is 10.0 Å². The maximum Gasteiger partial charge on any atom is 0.264 e. The molecule has 4 aromatic carbocycles. The fourth-order valence-electron chi connectivity index (χ4n) is 5.24. The van der Waals surface area contributed by atoms with Gasteiger partial charge in [-0.1, -0.05) is 85.1 Å². The molecule has 0 spiro atoms. The number of hydrogen-bond acceptors (Lipinski definition) is 6. The van der Waals surface area contributed by atoms with E-state index >= 15 is 0 Å². The van der Waals surface area contributed by atoms with Crippen molar-refractivity contribution in [3.63, 3.8) is 0 Å². The summed E-state index contributed by atoms with van der Waals surface area (Å²) in [6, 6.07) is 26.6. The molecule has 0 aliphatic rings. The number of carbonyl (C=O) groups excluding carboxylic acids is 2. The minimum atomic E-state index is -4.28. The molecule has 0 heterocycles. The summed E-state index contributed by atoms with van der Waals surface area (Å²) >= 11 is 6.33. The molecule has 0 saturated carbocycles. The number of aryl methyl sites for hydroxylation is 1. The largest absolute Gasteiger partial charge is 0.493 e. The summed E-state index contributed by atoms with van der Waals surface area (Å²) < 4.78 is 40.5. The molecule has 1 atom stereocenters. The molecular weight excluding hydrogens is 650 g/mol. The van der Waals surface area contributed by atoms with Crippen LogP contribution in [0, 0.1) is 6.92 Å². The summed E-state index contributed by atoms with van der Waals surface area (Å²) in [6.45, 7) is 3.75. The van der Waals surface area contributed by atoms with Crippen LogP contribution in [0.3, 0.4) is 0 Å². The van der Waals surface area contributed by atoms with Gasteiger partial charge in [-0.3, -0.25) is 13.9 Å². The number of methoxy groups -OCH3 is 2. The van der Waals surface area contributed by atoms with Crippen molar-refractivity contribution in [2.45, 2.75) is 50.6 Å². The molecular formula is C37H42ClN3O6S. The van der Waals surface area contributed by atoms with Gasteiger partial charge in [0.2, 0.25) is 11.8 Å². The van der Waals surface area contributed by atoms with Gasteiger partial charge in [0.15, 0.2) is 11.5 Å². The average molecular weight is 692 g/mol. The highest BCUT2D eigenvalue weighted by atomic mass is 35.5. The highest BCUT2D eigenvalue weighted by molar-refractivity contribution is 7.92. The third-order valence-corrected chi connectivity index (χ3v) is 9.91. The van der Waals surface area contributed by atoms with Gasteiger partial charge in [-0.2, -0.15) is 0 Å². The van der Waals surface area contributed by atoms with Gasteiger partial charge in [0.05, 0.1) is 24.8 Å². The summed E-state index contributed by atoms with van der Waals surface area (Å²) in [6.07, 6.45) is 1.87. The van der Waals surface area contributed by atoms with Gasteiger partial charge < -0.3 is 19.7 Å². The molecule has 254 valence electrons. The Morgan fingerprint density at radius 3 is 2.19 bits per heavy atom. The van der Waals surface area contributed by atoms with Crippen LogP contribution in [-0.4, -0.2) is 58.5 Å². The molecule has 2 amide bonds. The number of unbranched alkanes of at least 4 members (excludes halogenated alkanes) is 1. The van der Waals surface area contributed by atoms with E-state index in [0.29, 0.717) is 28.6 Å². The number of amides is 2. The van der Waals surface area contributed by atoms with Gasteiger partial charge in [-0.25, -0.2) is 8.42 Å². The van der Waals surface area contributed by atoms with Crippen molar-refractivity contribution < 1.29 is 27.5 Å². The lowest BCUT2D eigenvalue weighted by Crippen LogP contribution is -2.53. The van der Waals surface area contributed by atoms with Crippen LogP contribution < -0.4 is 19.1 Å². The number of nitrogens with zero attached hydrogens (tertiary/aromatic N) is 2. The van der Waals surface area contributed by atoms with E-state index in [9.17, 15) is 18.0 Å². The van der Waals surface area contributed by atoms with Crippen LogP contribution in [0.2, 0.25) is 5.02 Å². The molecule has 0 bridgehead atoms. The minimum absolute atomic E-state index is 0.00946. The number of halogens is 1. The average Bonchev–Trinajstić information content (AvgIpc) is 3.09. The summed E-state index contributed by atoms with van der Waals surface area (Å²) in [7, 11) is -1.35. The number of rotatable bonds is 16. The lowest BCUT2D eigenvalue weighted by Gasteiger charge is -2.34. The topological polar surface area (TPSA) is 105 Å². The quantitative estimate of drug-likeness (QED) is 0.136. The first-order valence-electron chi connectivity index (χ1n) is 15.7. The van der Waals surface area contributed by atoms with E-state index in [4.69, 9.17) is 21.1 Å². The van der Waals surface area contributed by atoms with Crippen LogP contribution >= 0.6 is 11.6 Å². The summed E-state index contributed by atoms with van der Waals surface area (Å²) in [4.78, 5) is 30.0. The van der Waals surface area contributed by atoms with E-state index in [1.54, 1.807) is 42.5 Å². The molecule has 48 heavy (non-hydrogen) atoms. The maximum atomic E-state index is 14.6. The summed E-state index contributed by atoms with van der Waals surface area (Å²) in [5.74, 6) is -0.220. The third kappa shape index (κ3) is 9.29. The lowest BCUT2D eigenvalue weighted by atomic mass is 10.0. The first kappa shape index (κ1) is 36.3. The number of carbonyl (C=O) groups is 2. The van der Waals surface area contributed by atoms with Gasteiger partial charge in [0, 0.05) is 30.6 Å². The molecule has 11 heteroatoms. The molecule has 0 fully saturated rings. The predicted octanol–water partition coefficient (Wildman–Crippen LogP) is 6.42. The Bertz CT molecular complexity index is 1780. The SMILES string of the molecule is CCCCNC(=O)C(Cc1ccccc1)N(Cc1cccc(Cl)c1)C(=O)CN(c1ccc(OC)c(OC)c1)S(=O)(=O)c1ccc(C)cc1. The Balaban J connectivity index is 1.83. The van der Waals surface area contributed by atoms with Crippen molar-refractivity contribution in [1.29, 1.82) is 0 Å². The van der Waals surface area contributed by atoms with Gasteiger partial charge in [0.1, 0.15) is 12.6 Å². The zero-order valence-electron chi connectivity index (χ0n) is 27.7. The van der Waals surface area contributed by atoms with Crippen molar-refractivity contribution >= 4 is 39.1 Å². The zero-order chi connectivity index (χ0) is 34.7. The van der Waals surface area contributed by atoms with Crippen LogP contribution in [-0.2, 0) is 32.6 Å². The first-order valence-corrected chi connectivity index (χ1v) is 17.6. The highest BCUT2D eigenvalue weighted by Crippen LogP contribution is 2.34. The molecule has 1 unspecified atom stereocenters. The van der Waals surface area contributed by atoms with E-state index < -0.39 is 28.5 Å². The smallest absolute Gasteiger partial charge is 0.264 e. The van der Waals surface area contributed by atoms with Crippen molar-refractivity contribution in [2.24, 2.45) is 0 Å². The van der Waals surface area contributed by atoms with Gasteiger partial charge in [-0.15, -0.1) is 0 Å². The molecule has 4 rings (SSSR count). The van der Waals surface area contributed by atoms with E-state index in [2.05, 4.69) is 5.32 Å². The second kappa shape index (κ2) is 17.0. The monoisotopic (exact) mass is 691 g/mol. The first-order chi connectivity index (χ1) is 23.1. The van der Waals surface area contributed by atoms with Crippen molar-refractivity contribution in [1.82, 2.24) is 10.2 Å². The maximum absolute atomic E-state index is 14.6. The molecule has 0 aliphatic carbocycles. The Kier molecular flexibility index (Phi) is 12.9. The molecule has 1 N–H and O–H groups in total. The number of benzene rings is 4. The Morgan fingerprint density at radius 2 is 1.54 bits per heavy atom. The minimum Gasteiger partial charge on any atom is -0.493 e. The van der Waals surface area contributed by atoms with Crippen molar-refractivity contribution in [3.05, 3.63) is 119 Å². The second-order valence-corrected chi connectivity index (χ2v) is 13.7. The van der Waals surface area contributed by atoms with Crippen LogP contribution in [0.15, 0.2) is 102 Å². The highest BCUT2D eigenvalue weighted by Gasteiger charge is 2.35. The van der Waals surface area contributed by atoms with E-state index in [-0.39, 0.29) is 29.5 Å².